The third kappa shape index (κ3) is 4.65. The standard InChI is InChI=1S/C16H16BrN3O3S/c1-20(24(2,22)23)14-9-7-12(8-10-14)16(21)19-18-11-13-5-3-4-6-15(13)17/h3-11H,1-2H3,(H,19,21)/b18-11-. The predicted molar refractivity (Wildman–Crippen MR) is 98.9 cm³/mol. The van der Waals surface area contributed by atoms with Crippen molar-refractivity contribution in [1.82, 2.24) is 5.43 Å². The SMILES string of the molecule is CN(c1ccc(C(=O)N/N=C\c2ccccc2Br)cc1)S(C)(=O)=O. The fraction of sp³-hybridized carbons (Fsp3) is 0.125. The molecular weight excluding hydrogens is 394 g/mol. The lowest BCUT2D eigenvalue weighted by Crippen LogP contribution is -2.25. The van der Waals surface area contributed by atoms with Gasteiger partial charge in [-0.15, -0.1) is 0 Å². The molecule has 8 heteroatoms. The number of nitrogens with zero attached hydrogens (tertiary/aromatic N) is 2. The Morgan fingerprint density at radius 1 is 1.17 bits per heavy atom. The van der Waals surface area contributed by atoms with Crippen LogP contribution in [0.3, 0.4) is 0 Å². The lowest BCUT2D eigenvalue weighted by atomic mass is 10.2. The third-order valence-electron chi connectivity index (χ3n) is 3.27. The van der Waals surface area contributed by atoms with Crippen LogP contribution in [-0.2, 0) is 10.0 Å². The second kappa shape index (κ2) is 7.59. The summed E-state index contributed by atoms with van der Waals surface area (Å²) < 4.78 is 25.0. The number of carbonyl (C=O) groups is 1. The highest BCUT2D eigenvalue weighted by molar-refractivity contribution is 9.10. The van der Waals surface area contributed by atoms with Gasteiger partial charge in [0.05, 0.1) is 18.2 Å². The Labute approximate surface area is 149 Å². The molecule has 0 atom stereocenters. The van der Waals surface area contributed by atoms with E-state index in [1.54, 1.807) is 24.3 Å². The first-order valence-electron chi connectivity index (χ1n) is 6.91. The average Bonchev–Trinajstić information content (AvgIpc) is 2.55. The summed E-state index contributed by atoms with van der Waals surface area (Å²) in [6.07, 6.45) is 2.65. The van der Waals surface area contributed by atoms with Gasteiger partial charge in [-0.2, -0.15) is 5.10 Å². The molecule has 0 saturated heterocycles. The Kier molecular flexibility index (Phi) is 5.74. The van der Waals surface area contributed by atoms with Crippen LogP contribution in [0.1, 0.15) is 15.9 Å². The number of nitrogens with one attached hydrogen (secondary N) is 1. The monoisotopic (exact) mass is 409 g/mol. The van der Waals surface area contributed by atoms with Gasteiger partial charge in [-0.05, 0) is 30.3 Å². The van der Waals surface area contributed by atoms with Crippen molar-refractivity contribution in [1.29, 1.82) is 0 Å². The molecule has 0 saturated carbocycles. The zero-order chi connectivity index (χ0) is 17.7. The predicted octanol–water partition coefficient (Wildman–Crippen LogP) is 2.61. The average molecular weight is 410 g/mol. The van der Waals surface area contributed by atoms with E-state index in [-0.39, 0.29) is 5.91 Å². The molecule has 1 amide bonds. The van der Waals surface area contributed by atoms with Gasteiger partial charge in [0.1, 0.15) is 0 Å². The zero-order valence-electron chi connectivity index (χ0n) is 13.1. The molecule has 0 radical (unpaired) electrons. The van der Waals surface area contributed by atoms with Gasteiger partial charge >= 0.3 is 0 Å². The number of amides is 1. The van der Waals surface area contributed by atoms with Gasteiger partial charge in [0.2, 0.25) is 10.0 Å². The Morgan fingerprint density at radius 2 is 1.79 bits per heavy atom. The van der Waals surface area contributed by atoms with E-state index in [0.717, 1.165) is 20.6 Å². The molecule has 0 bridgehead atoms. The minimum Gasteiger partial charge on any atom is -0.274 e. The van der Waals surface area contributed by atoms with E-state index < -0.39 is 10.0 Å². The second-order valence-electron chi connectivity index (χ2n) is 5.00. The van der Waals surface area contributed by atoms with Gasteiger partial charge in [0.15, 0.2) is 0 Å². The van der Waals surface area contributed by atoms with Crippen molar-refractivity contribution in [2.24, 2.45) is 5.10 Å². The maximum atomic E-state index is 12.0. The van der Waals surface area contributed by atoms with Gasteiger partial charge in [0, 0.05) is 22.6 Å². The number of benzene rings is 2. The second-order valence-corrected chi connectivity index (χ2v) is 7.87. The third-order valence-corrected chi connectivity index (χ3v) is 5.19. The maximum absolute atomic E-state index is 12.0. The van der Waals surface area contributed by atoms with Crippen molar-refractivity contribution >= 4 is 43.8 Å². The van der Waals surface area contributed by atoms with Crippen LogP contribution < -0.4 is 9.73 Å². The molecule has 0 unspecified atom stereocenters. The van der Waals surface area contributed by atoms with E-state index in [4.69, 9.17) is 0 Å². The summed E-state index contributed by atoms with van der Waals surface area (Å²) in [5, 5.41) is 3.91. The highest BCUT2D eigenvalue weighted by Gasteiger charge is 2.12. The lowest BCUT2D eigenvalue weighted by Gasteiger charge is -2.16. The molecule has 24 heavy (non-hydrogen) atoms. The van der Waals surface area contributed by atoms with E-state index in [0.29, 0.717) is 11.3 Å². The van der Waals surface area contributed by atoms with Crippen molar-refractivity contribution < 1.29 is 13.2 Å². The van der Waals surface area contributed by atoms with E-state index in [1.165, 1.54) is 13.3 Å². The quantitative estimate of drug-likeness (QED) is 0.608. The molecule has 1 N–H and O–H groups in total. The number of anilines is 1. The molecular formula is C16H16BrN3O3S. The molecule has 6 nitrogen and oxygen atoms in total. The first kappa shape index (κ1) is 18.2. The summed E-state index contributed by atoms with van der Waals surface area (Å²) in [7, 11) is -1.88. The molecule has 2 aromatic carbocycles. The number of halogens is 1. The van der Waals surface area contributed by atoms with E-state index in [2.05, 4.69) is 26.5 Å². The molecule has 0 aliphatic carbocycles. The van der Waals surface area contributed by atoms with Gasteiger partial charge in [0.25, 0.3) is 5.91 Å². The van der Waals surface area contributed by atoms with Gasteiger partial charge in [-0.3, -0.25) is 9.10 Å². The fourth-order valence-electron chi connectivity index (χ4n) is 1.82. The summed E-state index contributed by atoms with van der Waals surface area (Å²) >= 11 is 3.39. The molecule has 126 valence electrons. The van der Waals surface area contributed by atoms with Crippen LogP contribution in [0.5, 0.6) is 0 Å². The minimum atomic E-state index is -3.33. The largest absolute Gasteiger partial charge is 0.274 e. The van der Waals surface area contributed by atoms with Crippen LogP contribution in [0.15, 0.2) is 58.1 Å². The first-order valence-corrected chi connectivity index (χ1v) is 9.55. The van der Waals surface area contributed by atoms with Crippen molar-refractivity contribution in [2.75, 3.05) is 17.6 Å². The topological polar surface area (TPSA) is 78.8 Å². The van der Waals surface area contributed by atoms with Crippen LogP contribution in [0.25, 0.3) is 0 Å². The number of hydrogen-bond donors (Lipinski definition) is 1. The van der Waals surface area contributed by atoms with Crippen molar-refractivity contribution in [3.8, 4) is 0 Å². The maximum Gasteiger partial charge on any atom is 0.271 e. The number of carbonyl (C=O) groups excluding carboxylic acids is 1. The number of rotatable bonds is 5. The molecule has 2 rings (SSSR count). The van der Waals surface area contributed by atoms with Crippen molar-refractivity contribution in [2.45, 2.75) is 0 Å². The smallest absolute Gasteiger partial charge is 0.271 e. The van der Waals surface area contributed by atoms with E-state index in [1.807, 2.05) is 24.3 Å². The van der Waals surface area contributed by atoms with Crippen molar-refractivity contribution in [3.63, 3.8) is 0 Å². The van der Waals surface area contributed by atoms with Gasteiger partial charge < -0.3 is 0 Å². The molecule has 0 aliphatic heterocycles. The zero-order valence-corrected chi connectivity index (χ0v) is 15.5. The molecule has 0 heterocycles. The van der Waals surface area contributed by atoms with Crippen LogP contribution in [0.2, 0.25) is 0 Å². The van der Waals surface area contributed by atoms with Crippen LogP contribution >= 0.6 is 15.9 Å². The summed E-state index contributed by atoms with van der Waals surface area (Å²) in [5.74, 6) is -0.383. The molecule has 0 fully saturated rings. The molecule has 2 aromatic rings. The highest BCUT2D eigenvalue weighted by atomic mass is 79.9. The summed E-state index contributed by atoms with van der Waals surface area (Å²) in [6.45, 7) is 0. The summed E-state index contributed by atoms with van der Waals surface area (Å²) in [4.78, 5) is 12.0. The van der Waals surface area contributed by atoms with Crippen molar-refractivity contribution in [3.05, 3.63) is 64.1 Å². The Balaban J connectivity index is 2.04. The van der Waals surface area contributed by atoms with E-state index >= 15 is 0 Å². The lowest BCUT2D eigenvalue weighted by molar-refractivity contribution is 0.0955. The molecule has 0 aliphatic rings. The first-order chi connectivity index (χ1) is 11.3. The number of sulfonamides is 1. The molecule has 0 aromatic heterocycles. The Morgan fingerprint density at radius 3 is 2.38 bits per heavy atom. The van der Waals surface area contributed by atoms with E-state index in [9.17, 15) is 13.2 Å². The highest BCUT2D eigenvalue weighted by Crippen LogP contribution is 2.16. The van der Waals surface area contributed by atoms with Crippen LogP contribution in [0, 0.1) is 0 Å². The Bertz CT molecular complexity index is 864. The summed E-state index contributed by atoms with van der Waals surface area (Å²) in [5.41, 5.74) is 4.12. The fourth-order valence-corrected chi connectivity index (χ4v) is 2.71. The Hall–Kier alpha value is -2.19. The van der Waals surface area contributed by atoms with Gasteiger partial charge in [-0.1, -0.05) is 34.1 Å². The summed E-state index contributed by atoms with van der Waals surface area (Å²) in [6, 6.07) is 13.7. The molecule has 0 spiro atoms. The van der Waals surface area contributed by atoms with Crippen LogP contribution in [0.4, 0.5) is 5.69 Å². The van der Waals surface area contributed by atoms with Crippen LogP contribution in [-0.4, -0.2) is 33.8 Å². The number of hydrogen-bond acceptors (Lipinski definition) is 4. The van der Waals surface area contributed by atoms with Gasteiger partial charge in [-0.25, -0.2) is 13.8 Å². The number of hydrazone groups is 1. The normalized spacial score (nSPS) is 11.5. The minimum absolute atomic E-state index is 0.380.